The highest BCUT2D eigenvalue weighted by Gasteiger charge is 2.29. The molecule has 78 valence electrons. The topological polar surface area (TPSA) is 26.3 Å². The number of rotatable bonds is 3. The third-order valence-corrected chi connectivity index (χ3v) is 3.06. The summed E-state index contributed by atoms with van der Waals surface area (Å²) in [5.41, 5.74) is 0. The second-order valence-electron chi connectivity index (χ2n) is 3.94. The Labute approximate surface area is 86.0 Å². The van der Waals surface area contributed by atoms with E-state index in [1.54, 1.807) is 0 Å². The lowest BCUT2D eigenvalue weighted by Gasteiger charge is -2.27. The van der Waals surface area contributed by atoms with E-state index in [1.807, 2.05) is 0 Å². The summed E-state index contributed by atoms with van der Waals surface area (Å²) in [5.74, 6) is 2.84. The van der Waals surface area contributed by atoms with Gasteiger partial charge >= 0.3 is 5.97 Å². The van der Waals surface area contributed by atoms with E-state index in [2.05, 4.69) is 5.92 Å². The Kier molecular flexibility index (Phi) is 4.52. The molecular formula is C12H18O2. The van der Waals surface area contributed by atoms with Crippen molar-refractivity contribution < 1.29 is 9.53 Å². The molecule has 0 N–H and O–H groups in total. The van der Waals surface area contributed by atoms with E-state index in [9.17, 15) is 4.79 Å². The van der Waals surface area contributed by atoms with Gasteiger partial charge in [-0.15, -0.1) is 12.3 Å². The second-order valence-corrected chi connectivity index (χ2v) is 3.94. The van der Waals surface area contributed by atoms with Gasteiger partial charge in [-0.1, -0.05) is 19.3 Å². The summed E-state index contributed by atoms with van der Waals surface area (Å²) in [6.07, 6.45) is 11.8. The van der Waals surface area contributed by atoms with E-state index in [4.69, 9.17) is 11.2 Å². The van der Waals surface area contributed by atoms with Gasteiger partial charge in [0.05, 0.1) is 13.0 Å². The van der Waals surface area contributed by atoms with Crippen molar-refractivity contribution in [1.82, 2.24) is 0 Å². The molecule has 0 unspecified atom stereocenters. The predicted octanol–water partition coefficient (Wildman–Crippen LogP) is 2.38. The molecule has 0 aromatic rings. The van der Waals surface area contributed by atoms with Crippen LogP contribution in [0.3, 0.4) is 0 Å². The molecule has 0 aromatic heterocycles. The molecule has 0 amide bonds. The smallest absolute Gasteiger partial charge is 0.309 e. The molecule has 14 heavy (non-hydrogen) atoms. The molecule has 0 radical (unpaired) electrons. The zero-order valence-corrected chi connectivity index (χ0v) is 8.79. The van der Waals surface area contributed by atoms with Crippen molar-refractivity contribution in [2.24, 2.45) is 11.8 Å². The monoisotopic (exact) mass is 194 g/mol. The molecule has 1 aliphatic rings. The van der Waals surface area contributed by atoms with E-state index in [0.29, 0.717) is 12.3 Å². The summed E-state index contributed by atoms with van der Waals surface area (Å²) in [6.45, 7) is 0. The fourth-order valence-electron chi connectivity index (χ4n) is 2.26. The number of ether oxygens (including phenoxy) is 1. The van der Waals surface area contributed by atoms with Crippen LogP contribution in [-0.4, -0.2) is 13.1 Å². The lowest BCUT2D eigenvalue weighted by molar-refractivity contribution is -0.147. The van der Waals surface area contributed by atoms with Crippen LogP contribution < -0.4 is 0 Å². The Morgan fingerprint density at radius 3 is 2.64 bits per heavy atom. The van der Waals surface area contributed by atoms with Crippen LogP contribution in [0, 0.1) is 24.2 Å². The Bertz CT molecular complexity index is 221. The number of esters is 1. The van der Waals surface area contributed by atoms with Crippen molar-refractivity contribution in [1.29, 1.82) is 0 Å². The van der Waals surface area contributed by atoms with E-state index in [1.165, 1.54) is 26.4 Å². The molecule has 1 aliphatic carbocycles. The van der Waals surface area contributed by atoms with Gasteiger partial charge in [-0.05, 0) is 18.8 Å². The third-order valence-electron chi connectivity index (χ3n) is 3.06. The lowest BCUT2D eigenvalue weighted by atomic mass is 9.78. The summed E-state index contributed by atoms with van der Waals surface area (Å²) in [6, 6.07) is 0. The van der Waals surface area contributed by atoms with Crippen LogP contribution in [0.25, 0.3) is 0 Å². The fourth-order valence-corrected chi connectivity index (χ4v) is 2.26. The number of carbonyl (C=O) groups excluding carboxylic acids is 1. The van der Waals surface area contributed by atoms with Gasteiger partial charge in [0.2, 0.25) is 0 Å². The maximum atomic E-state index is 11.5. The highest BCUT2D eigenvalue weighted by Crippen LogP contribution is 2.32. The molecule has 2 nitrogen and oxygen atoms in total. The first-order valence-electron chi connectivity index (χ1n) is 5.31. The molecule has 0 bridgehead atoms. The summed E-state index contributed by atoms with van der Waals surface area (Å²) in [5, 5.41) is 0. The van der Waals surface area contributed by atoms with E-state index < -0.39 is 0 Å². The average molecular weight is 194 g/mol. The Morgan fingerprint density at radius 2 is 2.14 bits per heavy atom. The van der Waals surface area contributed by atoms with E-state index in [-0.39, 0.29) is 11.9 Å². The van der Waals surface area contributed by atoms with Gasteiger partial charge in [0, 0.05) is 6.42 Å². The minimum atomic E-state index is -0.130. The average Bonchev–Trinajstić information content (AvgIpc) is 2.26. The minimum Gasteiger partial charge on any atom is -0.469 e. The Morgan fingerprint density at radius 1 is 1.50 bits per heavy atom. The van der Waals surface area contributed by atoms with Crippen molar-refractivity contribution in [3.8, 4) is 12.3 Å². The van der Waals surface area contributed by atoms with Gasteiger partial charge in [-0.25, -0.2) is 0 Å². The van der Waals surface area contributed by atoms with Crippen molar-refractivity contribution >= 4 is 5.97 Å². The van der Waals surface area contributed by atoms with Crippen LogP contribution in [0.1, 0.15) is 38.5 Å². The molecule has 0 saturated heterocycles. The summed E-state index contributed by atoms with van der Waals surface area (Å²) in [7, 11) is 1.44. The number of carbonyl (C=O) groups is 1. The standard InChI is InChI=1S/C12H18O2/c1-3-7-11(12(13)14-2)10-8-5-4-6-9-10/h1,10-11H,4-9H2,2H3/t11-/m0/s1. The van der Waals surface area contributed by atoms with Gasteiger partial charge < -0.3 is 4.74 Å². The lowest BCUT2D eigenvalue weighted by Crippen LogP contribution is -2.26. The molecule has 1 fully saturated rings. The zero-order chi connectivity index (χ0) is 10.4. The highest BCUT2D eigenvalue weighted by atomic mass is 16.5. The third kappa shape index (κ3) is 2.77. The molecule has 0 spiro atoms. The first kappa shape index (κ1) is 11.1. The van der Waals surface area contributed by atoms with Crippen LogP contribution in [0.4, 0.5) is 0 Å². The van der Waals surface area contributed by atoms with Gasteiger partial charge in [0.1, 0.15) is 0 Å². The quantitative estimate of drug-likeness (QED) is 0.509. The fraction of sp³-hybridized carbons (Fsp3) is 0.750. The normalized spacial score (nSPS) is 19.7. The van der Waals surface area contributed by atoms with E-state index in [0.717, 1.165) is 12.8 Å². The predicted molar refractivity (Wildman–Crippen MR) is 55.5 cm³/mol. The first-order chi connectivity index (χ1) is 6.79. The molecule has 0 aromatic carbocycles. The van der Waals surface area contributed by atoms with Crippen molar-refractivity contribution in [2.45, 2.75) is 38.5 Å². The van der Waals surface area contributed by atoms with Crippen LogP contribution in [0.15, 0.2) is 0 Å². The largest absolute Gasteiger partial charge is 0.469 e. The Balaban J connectivity index is 2.56. The molecule has 1 atom stereocenters. The Hall–Kier alpha value is -0.970. The number of terminal acetylenes is 1. The maximum absolute atomic E-state index is 11.5. The van der Waals surface area contributed by atoms with Gasteiger partial charge in [-0.2, -0.15) is 0 Å². The SMILES string of the molecule is C#CC[C@H](C(=O)OC)C1CCCCC1. The van der Waals surface area contributed by atoms with Crippen molar-refractivity contribution in [2.75, 3.05) is 7.11 Å². The molecule has 2 heteroatoms. The highest BCUT2D eigenvalue weighted by molar-refractivity contribution is 5.73. The summed E-state index contributed by atoms with van der Waals surface area (Å²) in [4.78, 5) is 11.5. The molecular weight excluding hydrogens is 176 g/mol. The molecule has 1 saturated carbocycles. The van der Waals surface area contributed by atoms with Crippen LogP contribution in [0.2, 0.25) is 0 Å². The number of methoxy groups -OCH3 is 1. The maximum Gasteiger partial charge on any atom is 0.309 e. The zero-order valence-electron chi connectivity index (χ0n) is 8.79. The van der Waals surface area contributed by atoms with Crippen LogP contribution in [-0.2, 0) is 9.53 Å². The molecule has 0 aliphatic heterocycles. The number of hydrogen-bond acceptors (Lipinski definition) is 2. The number of hydrogen-bond donors (Lipinski definition) is 0. The first-order valence-corrected chi connectivity index (χ1v) is 5.31. The molecule has 1 rings (SSSR count). The van der Waals surface area contributed by atoms with Crippen LogP contribution >= 0.6 is 0 Å². The van der Waals surface area contributed by atoms with E-state index >= 15 is 0 Å². The molecule has 0 heterocycles. The van der Waals surface area contributed by atoms with Gasteiger partial charge in [0.15, 0.2) is 0 Å². The van der Waals surface area contributed by atoms with Gasteiger partial charge in [-0.3, -0.25) is 4.79 Å². The van der Waals surface area contributed by atoms with Crippen molar-refractivity contribution in [3.63, 3.8) is 0 Å². The summed E-state index contributed by atoms with van der Waals surface area (Å²) < 4.78 is 4.78. The minimum absolute atomic E-state index is 0.0645. The second kappa shape index (κ2) is 5.70. The van der Waals surface area contributed by atoms with Crippen molar-refractivity contribution in [3.05, 3.63) is 0 Å². The van der Waals surface area contributed by atoms with Crippen LogP contribution in [0.5, 0.6) is 0 Å². The summed E-state index contributed by atoms with van der Waals surface area (Å²) >= 11 is 0. The van der Waals surface area contributed by atoms with Gasteiger partial charge in [0.25, 0.3) is 0 Å².